The monoisotopic (exact) mass is 249 g/mol. The van der Waals surface area contributed by atoms with E-state index in [-0.39, 0.29) is 24.7 Å². The van der Waals surface area contributed by atoms with Crippen molar-refractivity contribution in [1.29, 1.82) is 0 Å². The van der Waals surface area contributed by atoms with Crippen molar-refractivity contribution in [2.24, 2.45) is 11.7 Å². The molecule has 4 nitrogen and oxygen atoms in total. The molecule has 2 rings (SSSR count). The highest BCUT2D eigenvalue weighted by molar-refractivity contribution is 5.18. The van der Waals surface area contributed by atoms with Gasteiger partial charge in [0, 0.05) is 24.5 Å². The third-order valence-corrected chi connectivity index (χ3v) is 4.02. The number of rotatable bonds is 4. The second kappa shape index (κ2) is 5.78. The molecule has 1 aromatic rings. The van der Waals surface area contributed by atoms with Crippen LogP contribution in [0.5, 0.6) is 0 Å². The van der Waals surface area contributed by atoms with E-state index in [2.05, 4.69) is 16.8 Å². The summed E-state index contributed by atoms with van der Waals surface area (Å²) < 4.78 is 0. The minimum Gasteiger partial charge on any atom is -0.395 e. The van der Waals surface area contributed by atoms with Gasteiger partial charge >= 0.3 is 0 Å². The molecule has 4 heteroatoms. The van der Waals surface area contributed by atoms with E-state index in [0.29, 0.717) is 5.92 Å². The fraction of sp³-hybridized carbons (Fsp3) is 0.643. The average Bonchev–Trinajstić information content (AvgIpc) is 2.71. The number of nitrogens with two attached hydrogens (primary N) is 1. The lowest BCUT2D eigenvalue weighted by molar-refractivity contribution is 0.0927. The minimum atomic E-state index is 0.0340. The summed E-state index contributed by atoms with van der Waals surface area (Å²) in [5, 5.41) is 9.59. The maximum absolute atomic E-state index is 9.59. The fourth-order valence-corrected chi connectivity index (χ4v) is 3.03. The molecule has 18 heavy (non-hydrogen) atoms. The Bertz CT molecular complexity index is 369. The SMILES string of the molecule is CC(N)C(c1ccncc1)N1CCC(C)C1CO. The number of likely N-dealkylation sites (tertiary alicyclic amines) is 1. The van der Waals surface area contributed by atoms with E-state index in [1.54, 1.807) is 12.4 Å². The van der Waals surface area contributed by atoms with Gasteiger partial charge in [0.15, 0.2) is 0 Å². The van der Waals surface area contributed by atoms with E-state index in [4.69, 9.17) is 5.73 Å². The molecule has 1 aromatic heterocycles. The number of pyridine rings is 1. The van der Waals surface area contributed by atoms with E-state index >= 15 is 0 Å². The predicted molar refractivity (Wildman–Crippen MR) is 72.0 cm³/mol. The van der Waals surface area contributed by atoms with Crippen LogP contribution in [0.25, 0.3) is 0 Å². The highest BCUT2D eigenvalue weighted by Crippen LogP contribution is 2.33. The third kappa shape index (κ3) is 2.55. The molecule has 0 amide bonds. The summed E-state index contributed by atoms with van der Waals surface area (Å²) in [6.07, 6.45) is 4.73. The first-order chi connectivity index (χ1) is 8.65. The number of aromatic nitrogens is 1. The van der Waals surface area contributed by atoms with Gasteiger partial charge in [-0.05, 0) is 43.5 Å². The van der Waals surface area contributed by atoms with Crippen LogP contribution in [-0.2, 0) is 0 Å². The summed E-state index contributed by atoms with van der Waals surface area (Å²) in [7, 11) is 0. The predicted octanol–water partition coefficient (Wildman–Crippen LogP) is 1.17. The smallest absolute Gasteiger partial charge is 0.0589 e. The molecule has 3 N–H and O–H groups in total. The Balaban J connectivity index is 2.26. The van der Waals surface area contributed by atoms with E-state index < -0.39 is 0 Å². The minimum absolute atomic E-state index is 0.0340. The second-order valence-electron chi connectivity index (χ2n) is 5.34. The van der Waals surface area contributed by atoms with Gasteiger partial charge in [0.25, 0.3) is 0 Å². The molecule has 4 atom stereocenters. The molecule has 0 aromatic carbocycles. The van der Waals surface area contributed by atoms with Crippen LogP contribution in [0.15, 0.2) is 24.5 Å². The molecule has 1 aliphatic rings. The lowest BCUT2D eigenvalue weighted by Crippen LogP contribution is -2.44. The van der Waals surface area contributed by atoms with Crippen LogP contribution in [0.1, 0.15) is 31.9 Å². The van der Waals surface area contributed by atoms with Crippen LogP contribution in [0.4, 0.5) is 0 Å². The van der Waals surface area contributed by atoms with Gasteiger partial charge in [0.05, 0.1) is 12.6 Å². The molecule has 0 aliphatic carbocycles. The zero-order valence-electron chi connectivity index (χ0n) is 11.2. The van der Waals surface area contributed by atoms with Gasteiger partial charge in [-0.25, -0.2) is 0 Å². The molecule has 100 valence electrons. The number of aliphatic hydroxyl groups is 1. The molecule has 0 radical (unpaired) electrons. The van der Waals surface area contributed by atoms with Gasteiger partial charge in [0.1, 0.15) is 0 Å². The van der Waals surface area contributed by atoms with Crippen LogP contribution in [0.3, 0.4) is 0 Å². The molecule has 1 fully saturated rings. The molecule has 0 bridgehead atoms. The van der Waals surface area contributed by atoms with Gasteiger partial charge in [-0.3, -0.25) is 9.88 Å². The Morgan fingerprint density at radius 3 is 2.72 bits per heavy atom. The fourth-order valence-electron chi connectivity index (χ4n) is 3.03. The zero-order chi connectivity index (χ0) is 13.1. The lowest BCUT2D eigenvalue weighted by atomic mass is 9.97. The van der Waals surface area contributed by atoms with Crippen molar-refractivity contribution in [2.75, 3.05) is 13.2 Å². The summed E-state index contributed by atoms with van der Waals surface area (Å²) >= 11 is 0. The first-order valence-electron chi connectivity index (χ1n) is 6.67. The highest BCUT2D eigenvalue weighted by atomic mass is 16.3. The summed E-state index contributed by atoms with van der Waals surface area (Å²) in [6.45, 7) is 5.44. The van der Waals surface area contributed by atoms with Crippen molar-refractivity contribution >= 4 is 0 Å². The van der Waals surface area contributed by atoms with Crippen molar-refractivity contribution in [1.82, 2.24) is 9.88 Å². The van der Waals surface area contributed by atoms with Crippen molar-refractivity contribution < 1.29 is 5.11 Å². The van der Waals surface area contributed by atoms with E-state index in [1.807, 2.05) is 19.1 Å². The van der Waals surface area contributed by atoms with E-state index in [1.165, 1.54) is 5.56 Å². The zero-order valence-corrected chi connectivity index (χ0v) is 11.2. The second-order valence-corrected chi connectivity index (χ2v) is 5.34. The van der Waals surface area contributed by atoms with Crippen LogP contribution >= 0.6 is 0 Å². The van der Waals surface area contributed by atoms with E-state index in [9.17, 15) is 5.11 Å². The molecular formula is C14H23N3O. The number of aliphatic hydroxyl groups excluding tert-OH is 1. The Kier molecular flexibility index (Phi) is 4.32. The van der Waals surface area contributed by atoms with Gasteiger partial charge in [0.2, 0.25) is 0 Å². The van der Waals surface area contributed by atoms with Crippen molar-refractivity contribution in [3.63, 3.8) is 0 Å². The third-order valence-electron chi connectivity index (χ3n) is 4.02. The van der Waals surface area contributed by atoms with Gasteiger partial charge in [-0.15, -0.1) is 0 Å². The Morgan fingerprint density at radius 1 is 1.50 bits per heavy atom. The van der Waals surface area contributed by atoms with Crippen molar-refractivity contribution in [2.45, 2.75) is 38.4 Å². The van der Waals surface area contributed by atoms with Gasteiger partial charge < -0.3 is 10.8 Å². The van der Waals surface area contributed by atoms with Gasteiger partial charge in [-0.2, -0.15) is 0 Å². The summed E-state index contributed by atoms with van der Waals surface area (Å²) in [4.78, 5) is 6.41. The van der Waals surface area contributed by atoms with Crippen molar-refractivity contribution in [3.05, 3.63) is 30.1 Å². The Morgan fingerprint density at radius 2 is 2.17 bits per heavy atom. The largest absolute Gasteiger partial charge is 0.395 e. The normalized spacial score (nSPS) is 28.2. The van der Waals surface area contributed by atoms with Crippen LogP contribution in [0.2, 0.25) is 0 Å². The Labute approximate surface area is 109 Å². The molecular weight excluding hydrogens is 226 g/mol. The topological polar surface area (TPSA) is 62.4 Å². The molecule has 0 saturated carbocycles. The molecule has 2 heterocycles. The maximum Gasteiger partial charge on any atom is 0.0589 e. The number of nitrogens with zero attached hydrogens (tertiary/aromatic N) is 2. The lowest BCUT2D eigenvalue weighted by Gasteiger charge is -2.36. The number of hydrogen-bond donors (Lipinski definition) is 2. The van der Waals surface area contributed by atoms with Gasteiger partial charge in [-0.1, -0.05) is 6.92 Å². The first kappa shape index (κ1) is 13.5. The van der Waals surface area contributed by atoms with Crippen LogP contribution in [0, 0.1) is 5.92 Å². The summed E-state index contributed by atoms with van der Waals surface area (Å²) in [5.41, 5.74) is 7.35. The molecule has 1 aliphatic heterocycles. The quantitative estimate of drug-likeness (QED) is 0.841. The summed E-state index contributed by atoms with van der Waals surface area (Å²) in [5.74, 6) is 0.526. The number of hydrogen-bond acceptors (Lipinski definition) is 4. The van der Waals surface area contributed by atoms with Crippen LogP contribution in [-0.4, -0.2) is 40.2 Å². The molecule has 1 saturated heterocycles. The van der Waals surface area contributed by atoms with E-state index in [0.717, 1.165) is 13.0 Å². The van der Waals surface area contributed by atoms with Crippen LogP contribution < -0.4 is 5.73 Å². The standard InChI is InChI=1S/C14H23N3O/c1-10-5-8-17(13(10)9-18)14(11(2)15)12-3-6-16-7-4-12/h3-4,6-7,10-11,13-14,18H,5,8-9,15H2,1-2H3. The summed E-state index contributed by atoms with van der Waals surface area (Å²) in [6, 6.07) is 4.45. The first-order valence-corrected chi connectivity index (χ1v) is 6.67. The maximum atomic E-state index is 9.59. The Hall–Kier alpha value is -0.970. The molecule has 4 unspecified atom stereocenters. The molecule has 0 spiro atoms. The highest BCUT2D eigenvalue weighted by Gasteiger charge is 2.37. The van der Waals surface area contributed by atoms with Crippen molar-refractivity contribution in [3.8, 4) is 0 Å². The average molecular weight is 249 g/mol.